The van der Waals surface area contributed by atoms with Gasteiger partial charge in [0.05, 0.1) is 18.7 Å². The lowest BCUT2D eigenvalue weighted by atomic mass is 9.95. The van der Waals surface area contributed by atoms with Crippen LogP contribution in [-0.2, 0) is 16.0 Å². The maximum atomic E-state index is 6.28. The summed E-state index contributed by atoms with van der Waals surface area (Å²) >= 11 is 6.28. The summed E-state index contributed by atoms with van der Waals surface area (Å²) in [5.74, 6) is 0.536. The van der Waals surface area contributed by atoms with Crippen LogP contribution in [0.2, 0.25) is 5.02 Å². The van der Waals surface area contributed by atoms with E-state index in [0.717, 1.165) is 61.6 Å². The molecule has 2 aromatic rings. The van der Waals surface area contributed by atoms with Gasteiger partial charge in [0.2, 0.25) is 0 Å². The molecule has 3 heterocycles. The second kappa shape index (κ2) is 6.73. The standard InChI is InChI=1S/C18H21ClN2O2/c19-16-4-3-14(17-15(16)2-1-7-20-17)12-21-8-5-13(6-9-21)18-22-10-11-23-18/h1-4,7,13,18H,5-6,8-12H2. The third-order valence-electron chi connectivity index (χ3n) is 4.86. The molecule has 1 aromatic carbocycles. The van der Waals surface area contributed by atoms with Gasteiger partial charge in [0.25, 0.3) is 0 Å². The van der Waals surface area contributed by atoms with E-state index in [-0.39, 0.29) is 6.29 Å². The monoisotopic (exact) mass is 332 g/mol. The molecule has 0 amide bonds. The number of nitrogens with zero attached hydrogens (tertiary/aromatic N) is 2. The minimum Gasteiger partial charge on any atom is -0.350 e. The molecule has 2 aliphatic heterocycles. The van der Waals surface area contributed by atoms with Gasteiger partial charge in [-0.25, -0.2) is 0 Å². The normalized spacial score (nSPS) is 21.3. The van der Waals surface area contributed by atoms with Crippen LogP contribution < -0.4 is 0 Å². The highest BCUT2D eigenvalue weighted by Gasteiger charge is 2.30. The molecule has 1 aromatic heterocycles. The van der Waals surface area contributed by atoms with Crippen molar-refractivity contribution in [1.82, 2.24) is 9.88 Å². The van der Waals surface area contributed by atoms with Gasteiger partial charge in [0.15, 0.2) is 6.29 Å². The maximum Gasteiger partial charge on any atom is 0.160 e. The number of benzene rings is 1. The van der Waals surface area contributed by atoms with Crippen molar-refractivity contribution in [3.63, 3.8) is 0 Å². The summed E-state index contributed by atoms with van der Waals surface area (Å²) in [6, 6.07) is 8.06. The Morgan fingerprint density at radius 3 is 2.70 bits per heavy atom. The molecule has 2 aliphatic rings. The van der Waals surface area contributed by atoms with Gasteiger partial charge in [-0.1, -0.05) is 17.7 Å². The summed E-state index contributed by atoms with van der Waals surface area (Å²) in [6.45, 7) is 4.56. The van der Waals surface area contributed by atoms with Gasteiger partial charge in [-0.15, -0.1) is 0 Å². The Morgan fingerprint density at radius 1 is 1.13 bits per heavy atom. The Hall–Kier alpha value is -1.20. The van der Waals surface area contributed by atoms with Gasteiger partial charge in [0.1, 0.15) is 0 Å². The first-order valence-corrected chi connectivity index (χ1v) is 8.67. The largest absolute Gasteiger partial charge is 0.350 e. The summed E-state index contributed by atoms with van der Waals surface area (Å²) in [7, 11) is 0. The van der Waals surface area contributed by atoms with E-state index in [0.29, 0.717) is 5.92 Å². The molecule has 0 radical (unpaired) electrons. The van der Waals surface area contributed by atoms with E-state index >= 15 is 0 Å². The molecule has 122 valence electrons. The first kappa shape index (κ1) is 15.3. The molecule has 2 saturated heterocycles. The zero-order chi connectivity index (χ0) is 15.6. The lowest BCUT2D eigenvalue weighted by Gasteiger charge is -2.33. The highest BCUT2D eigenvalue weighted by molar-refractivity contribution is 6.35. The molecule has 4 nitrogen and oxygen atoms in total. The Labute approximate surface area is 141 Å². The Balaban J connectivity index is 1.44. The van der Waals surface area contributed by atoms with Gasteiger partial charge in [0, 0.05) is 29.1 Å². The number of hydrogen-bond donors (Lipinski definition) is 0. The predicted molar refractivity (Wildman–Crippen MR) is 90.4 cm³/mol. The number of rotatable bonds is 3. The van der Waals surface area contributed by atoms with E-state index in [1.807, 2.05) is 24.4 Å². The second-order valence-electron chi connectivity index (χ2n) is 6.33. The van der Waals surface area contributed by atoms with Gasteiger partial charge in [-0.3, -0.25) is 9.88 Å². The Kier molecular flexibility index (Phi) is 4.49. The topological polar surface area (TPSA) is 34.6 Å². The lowest BCUT2D eigenvalue weighted by Crippen LogP contribution is -2.37. The molecule has 5 heteroatoms. The van der Waals surface area contributed by atoms with Gasteiger partial charge in [-0.2, -0.15) is 0 Å². The van der Waals surface area contributed by atoms with Gasteiger partial charge < -0.3 is 9.47 Å². The molecule has 2 fully saturated rings. The van der Waals surface area contributed by atoms with Gasteiger partial charge in [-0.05, 0) is 49.7 Å². The second-order valence-corrected chi connectivity index (χ2v) is 6.74. The minimum absolute atomic E-state index is 0.0233. The molecule has 0 N–H and O–H groups in total. The van der Waals surface area contributed by atoms with Crippen LogP contribution in [0.1, 0.15) is 18.4 Å². The number of likely N-dealkylation sites (tertiary alicyclic amines) is 1. The van der Waals surface area contributed by atoms with Crippen molar-refractivity contribution in [3.05, 3.63) is 41.0 Å². The molecule has 0 unspecified atom stereocenters. The Bertz CT molecular complexity index is 680. The summed E-state index contributed by atoms with van der Waals surface area (Å²) in [5.41, 5.74) is 2.27. The third kappa shape index (κ3) is 3.22. The fourth-order valence-electron chi connectivity index (χ4n) is 3.60. The van der Waals surface area contributed by atoms with Crippen LogP contribution in [0.25, 0.3) is 10.9 Å². The molecule has 0 spiro atoms. The van der Waals surface area contributed by atoms with Crippen molar-refractivity contribution in [2.24, 2.45) is 5.92 Å². The molecule has 0 bridgehead atoms. The molecule has 0 saturated carbocycles. The smallest absolute Gasteiger partial charge is 0.160 e. The van der Waals surface area contributed by atoms with Crippen molar-refractivity contribution in [1.29, 1.82) is 0 Å². The first-order chi connectivity index (χ1) is 11.3. The van der Waals surface area contributed by atoms with Crippen molar-refractivity contribution in [2.75, 3.05) is 26.3 Å². The SMILES string of the molecule is Clc1ccc(CN2CCC(C3OCCO3)CC2)c2ncccc12. The fraction of sp³-hybridized carbons (Fsp3) is 0.500. The summed E-state index contributed by atoms with van der Waals surface area (Å²) in [5, 5.41) is 1.81. The van der Waals surface area contributed by atoms with E-state index in [1.165, 1.54) is 5.56 Å². The molecule has 0 aliphatic carbocycles. The number of fused-ring (bicyclic) bond motifs is 1. The molecule has 0 atom stereocenters. The number of halogens is 1. The average molecular weight is 333 g/mol. The summed E-state index contributed by atoms with van der Waals surface area (Å²) in [4.78, 5) is 7.02. The number of pyridine rings is 1. The molecule has 23 heavy (non-hydrogen) atoms. The average Bonchev–Trinajstić information content (AvgIpc) is 3.13. The maximum absolute atomic E-state index is 6.28. The van der Waals surface area contributed by atoms with Crippen LogP contribution in [0, 0.1) is 5.92 Å². The highest BCUT2D eigenvalue weighted by Crippen LogP contribution is 2.29. The zero-order valence-corrected chi connectivity index (χ0v) is 13.8. The Morgan fingerprint density at radius 2 is 1.91 bits per heavy atom. The van der Waals surface area contributed by atoms with Crippen LogP contribution >= 0.6 is 11.6 Å². The lowest BCUT2D eigenvalue weighted by molar-refractivity contribution is -0.0977. The van der Waals surface area contributed by atoms with Crippen LogP contribution in [0.3, 0.4) is 0 Å². The molecular weight excluding hydrogens is 312 g/mol. The van der Waals surface area contributed by atoms with Crippen molar-refractivity contribution in [2.45, 2.75) is 25.7 Å². The van der Waals surface area contributed by atoms with Crippen LogP contribution in [-0.4, -0.2) is 42.5 Å². The summed E-state index contributed by atoms with van der Waals surface area (Å²) in [6.07, 6.45) is 4.12. The zero-order valence-electron chi connectivity index (χ0n) is 13.1. The van der Waals surface area contributed by atoms with E-state index in [4.69, 9.17) is 21.1 Å². The van der Waals surface area contributed by atoms with Crippen LogP contribution in [0.5, 0.6) is 0 Å². The number of hydrogen-bond acceptors (Lipinski definition) is 4. The quantitative estimate of drug-likeness (QED) is 0.862. The number of aromatic nitrogens is 1. The third-order valence-corrected chi connectivity index (χ3v) is 5.19. The number of piperidine rings is 1. The van der Waals surface area contributed by atoms with E-state index < -0.39 is 0 Å². The van der Waals surface area contributed by atoms with Crippen LogP contribution in [0.15, 0.2) is 30.5 Å². The van der Waals surface area contributed by atoms with Crippen molar-refractivity contribution in [3.8, 4) is 0 Å². The fourth-order valence-corrected chi connectivity index (χ4v) is 3.81. The van der Waals surface area contributed by atoms with Gasteiger partial charge >= 0.3 is 0 Å². The molecule has 4 rings (SSSR count). The van der Waals surface area contributed by atoms with E-state index in [9.17, 15) is 0 Å². The molecular formula is C18H21ClN2O2. The van der Waals surface area contributed by atoms with Crippen molar-refractivity contribution < 1.29 is 9.47 Å². The minimum atomic E-state index is 0.0233. The van der Waals surface area contributed by atoms with E-state index in [2.05, 4.69) is 16.0 Å². The van der Waals surface area contributed by atoms with E-state index in [1.54, 1.807) is 0 Å². The van der Waals surface area contributed by atoms with Crippen LogP contribution in [0.4, 0.5) is 0 Å². The number of ether oxygens (including phenoxy) is 2. The summed E-state index contributed by atoms with van der Waals surface area (Å²) < 4.78 is 11.3. The van der Waals surface area contributed by atoms with Crippen molar-refractivity contribution >= 4 is 22.5 Å². The first-order valence-electron chi connectivity index (χ1n) is 8.29. The predicted octanol–water partition coefficient (Wildman–Crippen LogP) is 3.47. The highest BCUT2D eigenvalue weighted by atomic mass is 35.5.